The van der Waals surface area contributed by atoms with Gasteiger partial charge in [0.15, 0.2) is 5.82 Å². The third kappa shape index (κ3) is 2.87. The predicted octanol–water partition coefficient (Wildman–Crippen LogP) is 3.11. The smallest absolute Gasteiger partial charge is 0.244 e. The summed E-state index contributed by atoms with van der Waals surface area (Å²) in [6, 6.07) is 4.84. The van der Waals surface area contributed by atoms with Crippen molar-refractivity contribution in [1.29, 1.82) is 0 Å². The summed E-state index contributed by atoms with van der Waals surface area (Å²) in [7, 11) is 0. The second-order valence-corrected chi connectivity index (χ2v) is 5.48. The third-order valence-corrected chi connectivity index (χ3v) is 3.40. The third-order valence-electron chi connectivity index (χ3n) is 3.40. The Kier molecular flexibility index (Phi) is 3.26. The maximum atomic E-state index is 4.46. The summed E-state index contributed by atoms with van der Waals surface area (Å²) in [5, 5.41) is 14.6. The minimum atomic E-state index is 0.523. The van der Waals surface area contributed by atoms with E-state index in [1.165, 1.54) is 29.5 Å². The van der Waals surface area contributed by atoms with Crippen molar-refractivity contribution in [2.24, 2.45) is 0 Å². The van der Waals surface area contributed by atoms with Crippen LogP contribution in [0.1, 0.15) is 29.5 Å². The number of rotatable bonds is 4. The molecule has 0 spiro atoms. The lowest BCUT2D eigenvalue weighted by Gasteiger charge is -2.13. The Morgan fingerprint density at radius 1 is 1.10 bits per heavy atom. The molecule has 104 valence electrons. The highest BCUT2D eigenvalue weighted by Gasteiger charge is 2.22. The van der Waals surface area contributed by atoms with E-state index >= 15 is 0 Å². The molecule has 1 aliphatic rings. The van der Waals surface area contributed by atoms with E-state index in [4.69, 9.17) is 0 Å². The molecule has 2 aromatic rings. The molecule has 3 rings (SSSR count). The highest BCUT2D eigenvalue weighted by molar-refractivity contribution is 5.65. The fraction of sp³-hybridized carbons (Fsp3) is 0.400. The van der Waals surface area contributed by atoms with Gasteiger partial charge in [0.25, 0.3) is 0 Å². The van der Waals surface area contributed by atoms with Crippen molar-refractivity contribution in [1.82, 2.24) is 15.2 Å². The lowest BCUT2D eigenvalue weighted by molar-refractivity contribution is 0.947. The number of anilines is 3. The Morgan fingerprint density at radius 2 is 1.80 bits per heavy atom. The lowest BCUT2D eigenvalue weighted by Crippen LogP contribution is -2.08. The van der Waals surface area contributed by atoms with Gasteiger partial charge in [-0.3, -0.25) is 0 Å². The van der Waals surface area contributed by atoms with E-state index in [1.54, 1.807) is 6.20 Å². The van der Waals surface area contributed by atoms with Gasteiger partial charge < -0.3 is 10.6 Å². The van der Waals surface area contributed by atoms with Gasteiger partial charge in [0.1, 0.15) is 0 Å². The van der Waals surface area contributed by atoms with Gasteiger partial charge in [-0.1, -0.05) is 17.7 Å². The molecule has 1 saturated carbocycles. The zero-order valence-corrected chi connectivity index (χ0v) is 12.1. The van der Waals surface area contributed by atoms with Crippen molar-refractivity contribution in [2.75, 3.05) is 10.6 Å². The molecule has 1 aromatic heterocycles. The SMILES string of the molecule is Cc1cc(C)c(Nc2cnnc(NC3CC3)n2)c(C)c1. The second kappa shape index (κ2) is 5.07. The summed E-state index contributed by atoms with van der Waals surface area (Å²) in [5.41, 5.74) is 4.77. The van der Waals surface area contributed by atoms with Gasteiger partial charge in [-0.2, -0.15) is 10.1 Å². The van der Waals surface area contributed by atoms with E-state index in [-0.39, 0.29) is 0 Å². The van der Waals surface area contributed by atoms with Crippen LogP contribution < -0.4 is 10.6 Å². The van der Waals surface area contributed by atoms with Crippen LogP contribution in [0.15, 0.2) is 18.3 Å². The molecule has 0 unspecified atom stereocenters. The van der Waals surface area contributed by atoms with Crippen molar-refractivity contribution in [3.05, 3.63) is 35.0 Å². The highest BCUT2D eigenvalue weighted by Crippen LogP contribution is 2.26. The first-order valence-electron chi connectivity index (χ1n) is 6.93. The molecule has 0 saturated heterocycles. The maximum Gasteiger partial charge on any atom is 0.244 e. The van der Waals surface area contributed by atoms with Crippen molar-refractivity contribution in [3.8, 4) is 0 Å². The van der Waals surface area contributed by atoms with Gasteiger partial charge in [0.2, 0.25) is 5.95 Å². The number of hydrogen-bond donors (Lipinski definition) is 2. The average molecular weight is 269 g/mol. The molecule has 1 aliphatic carbocycles. The van der Waals surface area contributed by atoms with E-state index in [9.17, 15) is 0 Å². The molecule has 20 heavy (non-hydrogen) atoms. The molecule has 1 fully saturated rings. The van der Waals surface area contributed by atoms with E-state index < -0.39 is 0 Å². The minimum absolute atomic E-state index is 0.523. The fourth-order valence-corrected chi connectivity index (χ4v) is 2.34. The molecular formula is C15H19N5. The first kappa shape index (κ1) is 12.8. The standard InChI is InChI=1S/C15H19N5/c1-9-6-10(2)14(11(3)7-9)18-13-8-16-20-15(19-13)17-12-4-5-12/h6-8,12H,4-5H2,1-3H3,(H2,17,18,19,20). The van der Waals surface area contributed by atoms with Crippen LogP contribution in [0.3, 0.4) is 0 Å². The molecule has 1 heterocycles. The van der Waals surface area contributed by atoms with Gasteiger partial charge >= 0.3 is 0 Å². The summed E-state index contributed by atoms with van der Waals surface area (Å²) in [4.78, 5) is 4.46. The summed E-state index contributed by atoms with van der Waals surface area (Å²) in [5.74, 6) is 1.32. The summed E-state index contributed by atoms with van der Waals surface area (Å²) in [6.07, 6.45) is 4.03. The maximum absolute atomic E-state index is 4.46. The molecule has 0 aliphatic heterocycles. The van der Waals surface area contributed by atoms with Gasteiger partial charge in [-0.05, 0) is 44.7 Å². The Hall–Kier alpha value is -2.17. The number of nitrogens with zero attached hydrogens (tertiary/aromatic N) is 3. The predicted molar refractivity (Wildman–Crippen MR) is 80.4 cm³/mol. The Balaban J connectivity index is 1.83. The molecule has 2 N–H and O–H groups in total. The normalized spacial score (nSPS) is 14.2. The van der Waals surface area contributed by atoms with Crippen molar-refractivity contribution in [2.45, 2.75) is 39.7 Å². The largest absolute Gasteiger partial charge is 0.350 e. The van der Waals surface area contributed by atoms with Gasteiger partial charge in [-0.15, -0.1) is 5.10 Å². The zero-order chi connectivity index (χ0) is 14.1. The quantitative estimate of drug-likeness (QED) is 0.893. The van der Waals surface area contributed by atoms with Crippen molar-refractivity contribution < 1.29 is 0 Å². The molecule has 5 heteroatoms. The Morgan fingerprint density at radius 3 is 2.45 bits per heavy atom. The van der Waals surface area contributed by atoms with E-state index in [2.05, 4.69) is 58.7 Å². The zero-order valence-electron chi connectivity index (χ0n) is 12.1. The lowest BCUT2D eigenvalue weighted by atomic mass is 10.1. The van der Waals surface area contributed by atoms with Gasteiger partial charge in [0.05, 0.1) is 6.20 Å². The van der Waals surface area contributed by atoms with Crippen LogP contribution in [0.25, 0.3) is 0 Å². The molecule has 0 atom stereocenters. The van der Waals surface area contributed by atoms with Gasteiger partial charge in [0, 0.05) is 11.7 Å². The highest BCUT2D eigenvalue weighted by atomic mass is 15.3. The van der Waals surface area contributed by atoms with Crippen LogP contribution in [0.2, 0.25) is 0 Å². The molecule has 0 radical (unpaired) electrons. The number of benzene rings is 1. The summed E-state index contributed by atoms with van der Waals surface area (Å²) < 4.78 is 0. The summed E-state index contributed by atoms with van der Waals surface area (Å²) >= 11 is 0. The monoisotopic (exact) mass is 269 g/mol. The number of nitrogens with one attached hydrogen (secondary N) is 2. The molecular weight excluding hydrogens is 250 g/mol. The van der Waals surface area contributed by atoms with Crippen LogP contribution >= 0.6 is 0 Å². The van der Waals surface area contributed by atoms with Crippen molar-refractivity contribution in [3.63, 3.8) is 0 Å². The average Bonchev–Trinajstić information content (AvgIpc) is 3.18. The fourth-order valence-electron chi connectivity index (χ4n) is 2.34. The number of hydrogen-bond acceptors (Lipinski definition) is 5. The van der Waals surface area contributed by atoms with Crippen LogP contribution in [-0.2, 0) is 0 Å². The Labute approximate surface area is 118 Å². The van der Waals surface area contributed by atoms with Crippen LogP contribution in [0, 0.1) is 20.8 Å². The van der Waals surface area contributed by atoms with Crippen molar-refractivity contribution >= 4 is 17.5 Å². The van der Waals surface area contributed by atoms with E-state index in [1.807, 2.05) is 0 Å². The molecule has 0 bridgehead atoms. The second-order valence-electron chi connectivity index (χ2n) is 5.48. The number of aromatic nitrogens is 3. The van der Waals surface area contributed by atoms with Crippen LogP contribution in [0.5, 0.6) is 0 Å². The van der Waals surface area contributed by atoms with E-state index in [0.29, 0.717) is 12.0 Å². The number of aryl methyl sites for hydroxylation is 3. The van der Waals surface area contributed by atoms with Gasteiger partial charge in [-0.25, -0.2) is 0 Å². The first-order valence-corrected chi connectivity index (χ1v) is 6.93. The van der Waals surface area contributed by atoms with E-state index in [0.717, 1.165) is 11.5 Å². The van der Waals surface area contributed by atoms with Crippen LogP contribution in [0.4, 0.5) is 17.5 Å². The summed E-state index contributed by atoms with van der Waals surface area (Å²) in [6.45, 7) is 6.30. The minimum Gasteiger partial charge on any atom is -0.350 e. The molecule has 0 amide bonds. The topological polar surface area (TPSA) is 62.7 Å². The molecule has 5 nitrogen and oxygen atoms in total. The first-order chi connectivity index (χ1) is 9.61. The Bertz CT molecular complexity index is 611. The van der Waals surface area contributed by atoms with Crippen LogP contribution in [-0.4, -0.2) is 21.2 Å². The molecule has 1 aromatic carbocycles.